The number of rotatable bonds is 3. The number of hydrogen-bond acceptors (Lipinski definition) is 2. The van der Waals surface area contributed by atoms with Crippen LogP contribution in [0, 0.1) is 11.2 Å². The highest BCUT2D eigenvalue weighted by Crippen LogP contribution is 2.53. The van der Waals surface area contributed by atoms with Crippen LogP contribution in [-0.2, 0) is 11.3 Å². The highest BCUT2D eigenvalue weighted by Gasteiger charge is 2.55. The quantitative estimate of drug-likeness (QED) is 0.893. The second kappa shape index (κ2) is 4.63. The summed E-state index contributed by atoms with van der Waals surface area (Å²) in [5, 5.41) is 0. The van der Waals surface area contributed by atoms with Gasteiger partial charge in [-0.2, -0.15) is 0 Å². The van der Waals surface area contributed by atoms with E-state index in [0.29, 0.717) is 12.2 Å². The molecule has 1 spiro atoms. The lowest BCUT2D eigenvalue weighted by Crippen LogP contribution is -2.60. The molecule has 3 heteroatoms. The number of nitrogens with two attached hydrogens (primary N) is 1. The molecule has 0 aromatic heterocycles. The van der Waals surface area contributed by atoms with E-state index in [1.54, 1.807) is 12.1 Å². The molecular weight excluding hydrogens is 229 g/mol. The van der Waals surface area contributed by atoms with Crippen LogP contribution in [0.5, 0.6) is 0 Å². The van der Waals surface area contributed by atoms with Crippen molar-refractivity contribution < 1.29 is 9.13 Å². The molecule has 2 nitrogen and oxygen atoms in total. The monoisotopic (exact) mass is 249 g/mol. The van der Waals surface area contributed by atoms with Crippen molar-refractivity contribution in [3.63, 3.8) is 0 Å². The van der Waals surface area contributed by atoms with Crippen molar-refractivity contribution >= 4 is 0 Å². The van der Waals surface area contributed by atoms with E-state index >= 15 is 0 Å². The van der Waals surface area contributed by atoms with Gasteiger partial charge in [-0.1, -0.05) is 31.0 Å². The van der Waals surface area contributed by atoms with Gasteiger partial charge in [0.15, 0.2) is 0 Å². The molecule has 3 rings (SSSR count). The Morgan fingerprint density at radius 3 is 2.67 bits per heavy atom. The molecule has 0 heterocycles. The highest BCUT2D eigenvalue weighted by atomic mass is 19.1. The Morgan fingerprint density at radius 1 is 1.28 bits per heavy atom. The fourth-order valence-corrected chi connectivity index (χ4v) is 3.54. The minimum atomic E-state index is -0.179. The van der Waals surface area contributed by atoms with Crippen molar-refractivity contribution in [2.45, 2.75) is 50.9 Å². The summed E-state index contributed by atoms with van der Waals surface area (Å²) in [5.74, 6) is -0.179. The van der Waals surface area contributed by atoms with Crippen LogP contribution in [0.25, 0.3) is 0 Å². The van der Waals surface area contributed by atoms with Crippen molar-refractivity contribution in [3.8, 4) is 0 Å². The van der Waals surface area contributed by atoms with Crippen molar-refractivity contribution in [1.82, 2.24) is 0 Å². The second-order valence-electron chi connectivity index (χ2n) is 5.67. The maximum atomic E-state index is 13.5. The van der Waals surface area contributed by atoms with E-state index in [0.717, 1.165) is 6.42 Å². The summed E-state index contributed by atoms with van der Waals surface area (Å²) in [5.41, 5.74) is 7.00. The Labute approximate surface area is 107 Å². The standard InChI is InChI=1S/C15H20FNO/c16-12-6-2-1-5-11(12)10-18-14-9-13(17)15(14)7-3-4-8-15/h1-2,5-6,13-14H,3-4,7-10,17H2. The van der Waals surface area contributed by atoms with Crippen molar-refractivity contribution in [2.75, 3.05) is 0 Å². The van der Waals surface area contributed by atoms with Crippen LogP contribution in [0.4, 0.5) is 4.39 Å². The molecule has 0 amide bonds. The van der Waals surface area contributed by atoms with Crippen molar-refractivity contribution in [1.29, 1.82) is 0 Å². The third-order valence-corrected chi connectivity index (χ3v) is 4.78. The predicted molar refractivity (Wildman–Crippen MR) is 68.5 cm³/mol. The number of halogens is 1. The average Bonchev–Trinajstić information content (AvgIpc) is 2.88. The maximum Gasteiger partial charge on any atom is 0.128 e. The fourth-order valence-electron chi connectivity index (χ4n) is 3.54. The molecule has 0 radical (unpaired) electrons. The van der Waals surface area contributed by atoms with Crippen LogP contribution >= 0.6 is 0 Å². The predicted octanol–water partition coefficient (Wildman–Crippen LogP) is 3.00. The molecule has 2 saturated carbocycles. The largest absolute Gasteiger partial charge is 0.373 e. The molecule has 0 saturated heterocycles. The van der Waals surface area contributed by atoms with Crippen LogP contribution in [-0.4, -0.2) is 12.1 Å². The van der Waals surface area contributed by atoms with Gasteiger partial charge in [0.2, 0.25) is 0 Å². The lowest BCUT2D eigenvalue weighted by molar-refractivity contribution is -0.131. The maximum absolute atomic E-state index is 13.5. The van der Waals surface area contributed by atoms with Gasteiger partial charge in [-0.25, -0.2) is 4.39 Å². The molecule has 1 aromatic carbocycles. The van der Waals surface area contributed by atoms with Gasteiger partial charge in [-0.3, -0.25) is 0 Å². The van der Waals surface area contributed by atoms with Crippen molar-refractivity contribution in [3.05, 3.63) is 35.6 Å². The van der Waals surface area contributed by atoms with E-state index in [2.05, 4.69) is 0 Å². The third-order valence-electron chi connectivity index (χ3n) is 4.78. The molecular formula is C15H20FNO. The van der Waals surface area contributed by atoms with Crippen molar-refractivity contribution in [2.24, 2.45) is 11.1 Å². The Kier molecular flexibility index (Phi) is 3.12. The fraction of sp³-hybridized carbons (Fsp3) is 0.600. The van der Waals surface area contributed by atoms with E-state index in [-0.39, 0.29) is 23.4 Å². The van der Waals surface area contributed by atoms with Crippen LogP contribution in [0.3, 0.4) is 0 Å². The van der Waals surface area contributed by atoms with E-state index in [4.69, 9.17) is 10.5 Å². The zero-order chi connectivity index (χ0) is 12.6. The molecule has 2 aliphatic carbocycles. The van der Waals surface area contributed by atoms with Crippen LogP contribution in [0.15, 0.2) is 24.3 Å². The Bertz CT molecular complexity index is 428. The summed E-state index contributed by atoms with van der Waals surface area (Å²) in [4.78, 5) is 0. The first-order chi connectivity index (χ1) is 8.72. The molecule has 2 aliphatic rings. The third kappa shape index (κ3) is 1.86. The van der Waals surface area contributed by atoms with Gasteiger partial charge in [0.05, 0.1) is 12.7 Å². The highest BCUT2D eigenvalue weighted by molar-refractivity contribution is 5.17. The zero-order valence-corrected chi connectivity index (χ0v) is 10.6. The molecule has 2 atom stereocenters. The lowest BCUT2D eigenvalue weighted by Gasteiger charge is -2.52. The summed E-state index contributed by atoms with van der Waals surface area (Å²) in [6.45, 7) is 0.367. The van der Waals surface area contributed by atoms with E-state index in [1.165, 1.54) is 31.7 Å². The van der Waals surface area contributed by atoms with Gasteiger partial charge in [0.25, 0.3) is 0 Å². The lowest BCUT2D eigenvalue weighted by atomic mass is 9.61. The molecule has 0 aliphatic heterocycles. The Morgan fingerprint density at radius 2 is 2.00 bits per heavy atom. The van der Waals surface area contributed by atoms with Crippen LogP contribution in [0.2, 0.25) is 0 Å². The summed E-state index contributed by atoms with van der Waals surface area (Å²) in [6, 6.07) is 7.10. The van der Waals surface area contributed by atoms with E-state index in [1.807, 2.05) is 6.07 Å². The first-order valence-electron chi connectivity index (χ1n) is 6.83. The van der Waals surface area contributed by atoms with Gasteiger partial charge in [0.1, 0.15) is 5.82 Å². The van der Waals surface area contributed by atoms with Gasteiger partial charge in [-0.15, -0.1) is 0 Å². The van der Waals surface area contributed by atoms with E-state index < -0.39 is 0 Å². The molecule has 98 valence electrons. The first kappa shape index (κ1) is 12.1. The smallest absolute Gasteiger partial charge is 0.128 e. The SMILES string of the molecule is NC1CC(OCc2ccccc2F)C12CCCC2. The first-order valence-corrected chi connectivity index (χ1v) is 6.83. The topological polar surface area (TPSA) is 35.2 Å². The average molecular weight is 249 g/mol. The summed E-state index contributed by atoms with van der Waals surface area (Å²) in [7, 11) is 0. The number of ether oxygens (including phenoxy) is 1. The molecule has 2 fully saturated rings. The molecule has 0 bridgehead atoms. The molecule has 2 N–H and O–H groups in total. The van der Waals surface area contributed by atoms with Gasteiger partial charge >= 0.3 is 0 Å². The van der Waals surface area contributed by atoms with E-state index in [9.17, 15) is 4.39 Å². The molecule has 2 unspecified atom stereocenters. The minimum Gasteiger partial charge on any atom is -0.373 e. The van der Waals surface area contributed by atoms with Crippen LogP contribution < -0.4 is 5.73 Å². The zero-order valence-electron chi connectivity index (χ0n) is 10.6. The Balaban J connectivity index is 1.63. The summed E-state index contributed by atoms with van der Waals surface area (Å²) < 4.78 is 19.4. The minimum absolute atomic E-state index is 0.179. The number of hydrogen-bond donors (Lipinski definition) is 1. The van der Waals surface area contributed by atoms with Gasteiger partial charge in [0, 0.05) is 17.0 Å². The van der Waals surface area contributed by atoms with Gasteiger partial charge in [-0.05, 0) is 25.3 Å². The Hall–Kier alpha value is -0.930. The number of benzene rings is 1. The van der Waals surface area contributed by atoms with Gasteiger partial charge < -0.3 is 10.5 Å². The molecule has 1 aromatic rings. The molecule has 18 heavy (non-hydrogen) atoms. The summed E-state index contributed by atoms with van der Waals surface area (Å²) >= 11 is 0. The van der Waals surface area contributed by atoms with Crippen LogP contribution in [0.1, 0.15) is 37.7 Å². The summed E-state index contributed by atoms with van der Waals surface area (Å²) in [6.07, 6.45) is 6.02. The normalized spacial score (nSPS) is 29.4. The second-order valence-corrected chi connectivity index (χ2v) is 5.67.